The van der Waals surface area contributed by atoms with Crippen LogP contribution in [0.25, 0.3) is 10.8 Å². The molecule has 26 heavy (non-hydrogen) atoms. The lowest BCUT2D eigenvalue weighted by molar-refractivity contribution is 0.411. The van der Waals surface area contributed by atoms with Crippen LogP contribution in [-0.4, -0.2) is 37.3 Å². The summed E-state index contributed by atoms with van der Waals surface area (Å²) in [6.07, 6.45) is 4.75. The minimum Gasteiger partial charge on any atom is -0.330 e. The van der Waals surface area contributed by atoms with Gasteiger partial charge in [-0.2, -0.15) is 4.31 Å². The number of fused-ring (bicyclic) bond motifs is 1. The molecule has 0 atom stereocenters. The first-order valence-electron chi connectivity index (χ1n) is 8.60. The fraction of sp³-hybridized carbons (Fsp3) is 0.316. The number of thiophene rings is 1. The third-order valence-corrected chi connectivity index (χ3v) is 7.23. The van der Waals surface area contributed by atoms with Crippen molar-refractivity contribution in [2.24, 2.45) is 5.73 Å². The van der Waals surface area contributed by atoms with Gasteiger partial charge in [-0.1, -0.05) is 18.2 Å². The molecule has 3 aromatic rings. The van der Waals surface area contributed by atoms with Crippen molar-refractivity contribution in [1.29, 1.82) is 0 Å². The number of nitrogens with zero attached hydrogens (tertiary/aromatic N) is 2. The second-order valence-electron chi connectivity index (χ2n) is 6.19. The van der Waals surface area contributed by atoms with E-state index in [1.807, 2.05) is 30.5 Å². The standard InChI is InChI=1S/C19H23N3O2S2/c1-15-13-21-14-16-5-2-7-18(19(15)16)26(23,24)22(10-4-9-20)11-8-17-6-3-12-25-17/h2-3,5-7,12-14H,4,8-11,20H2,1H3. The number of pyridine rings is 1. The van der Waals surface area contributed by atoms with Gasteiger partial charge < -0.3 is 5.73 Å². The molecule has 1 aromatic carbocycles. The molecule has 7 heteroatoms. The lowest BCUT2D eigenvalue weighted by Crippen LogP contribution is -2.35. The zero-order chi connectivity index (χ0) is 18.6. The lowest BCUT2D eigenvalue weighted by Gasteiger charge is -2.23. The van der Waals surface area contributed by atoms with Gasteiger partial charge in [0.05, 0.1) is 4.90 Å². The van der Waals surface area contributed by atoms with Crippen molar-refractivity contribution < 1.29 is 8.42 Å². The number of aromatic nitrogens is 1. The maximum Gasteiger partial charge on any atom is 0.243 e. The van der Waals surface area contributed by atoms with Crippen LogP contribution in [0.2, 0.25) is 0 Å². The maximum absolute atomic E-state index is 13.4. The van der Waals surface area contributed by atoms with Crippen molar-refractivity contribution in [3.63, 3.8) is 0 Å². The molecule has 2 N–H and O–H groups in total. The van der Waals surface area contributed by atoms with Crippen LogP contribution in [0.5, 0.6) is 0 Å². The van der Waals surface area contributed by atoms with E-state index in [4.69, 9.17) is 5.73 Å². The molecule has 0 saturated carbocycles. The maximum atomic E-state index is 13.4. The van der Waals surface area contributed by atoms with Crippen LogP contribution in [0.4, 0.5) is 0 Å². The largest absolute Gasteiger partial charge is 0.330 e. The molecule has 138 valence electrons. The summed E-state index contributed by atoms with van der Waals surface area (Å²) in [7, 11) is -3.62. The quantitative estimate of drug-likeness (QED) is 0.642. The third kappa shape index (κ3) is 3.96. The van der Waals surface area contributed by atoms with Crippen molar-refractivity contribution in [1.82, 2.24) is 9.29 Å². The second-order valence-corrected chi connectivity index (χ2v) is 9.12. The van der Waals surface area contributed by atoms with Crippen LogP contribution in [-0.2, 0) is 16.4 Å². The molecular formula is C19H23N3O2S2. The van der Waals surface area contributed by atoms with Crippen LogP contribution in [0.3, 0.4) is 0 Å². The summed E-state index contributed by atoms with van der Waals surface area (Å²) in [5.74, 6) is 0. The van der Waals surface area contributed by atoms with E-state index in [0.717, 1.165) is 16.3 Å². The summed E-state index contributed by atoms with van der Waals surface area (Å²) in [4.78, 5) is 5.70. The predicted octanol–water partition coefficient (Wildman–Crippen LogP) is 3.19. The smallest absolute Gasteiger partial charge is 0.243 e. The Hall–Kier alpha value is -1.80. The molecule has 0 aliphatic carbocycles. The Morgan fingerprint density at radius 1 is 1.15 bits per heavy atom. The van der Waals surface area contributed by atoms with Crippen molar-refractivity contribution >= 4 is 32.1 Å². The highest BCUT2D eigenvalue weighted by atomic mass is 32.2. The fourth-order valence-corrected chi connectivity index (χ4v) is 5.50. The van der Waals surface area contributed by atoms with E-state index in [1.165, 1.54) is 4.88 Å². The van der Waals surface area contributed by atoms with Crippen LogP contribution < -0.4 is 5.73 Å². The van der Waals surface area contributed by atoms with E-state index in [-0.39, 0.29) is 0 Å². The molecule has 3 rings (SSSR count). The Balaban J connectivity index is 1.99. The minimum atomic E-state index is -3.62. The van der Waals surface area contributed by atoms with Crippen molar-refractivity contribution in [2.45, 2.75) is 24.7 Å². The number of aryl methyl sites for hydroxylation is 1. The van der Waals surface area contributed by atoms with E-state index < -0.39 is 10.0 Å². The zero-order valence-corrected chi connectivity index (χ0v) is 16.4. The van der Waals surface area contributed by atoms with Crippen molar-refractivity contribution in [3.8, 4) is 0 Å². The Morgan fingerprint density at radius 2 is 2.00 bits per heavy atom. The van der Waals surface area contributed by atoms with Gasteiger partial charge in [-0.3, -0.25) is 4.98 Å². The highest BCUT2D eigenvalue weighted by Crippen LogP contribution is 2.28. The van der Waals surface area contributed by atoms with E-state index in [1.54, 1.807) is 40.2 Å². The van der Waals surface area contributed by atoms with Gasteiger partial charge >= 0.3 is 0 Å². The zero-order valence-electron chi connectivity index (χ0n) is 14.8. The summed E-state index contributed by atoms with van der Waals surface area (Å²) in [5, 5.41) is 3.59. The van der Waals surface area contributed by atoms with Gasteiger partial charge in [-0.25, -0.2) is 8.42 Å². The molecule has 0 fully saturated rings. The van der Waals surface area contributed by atoms with Crippen LogP contribution >= 0.6 is 11.3 Å². The number of hydrogen-bond donors (Lipinski definition) is 1. The molecule has 0 amide bonds. The molecule has 2 heterocycles. The predicted molar refractivity (Wildman–Crippen MR) is 107 cm³/mol. The summed E-state index contributed by atoms with van der Waals surface area (Å²) < 4.78 is 28.4. The summed E-state index contributed by atoms with van der Waals surface area (Å²) in [5.41, 5.74) is 6.50. The minimum absolute atomic E-state index is 0.345. The van der Waals surface area contributed by atoms with Crippen LogP contribution in [0.1, 0.15) is 16.9 Å². The number of rotatable bonds is 8. The first-order valence-corrected chi connectivity index (χ1v) is 10.9. The van der Waals surface area contributed by atoms with E-state index in [2.05, 4.69) is 4.98 Å². The van der Waals surface area contributed by atoms with Crippen molar-refractivity contribution in [3.05, 3.63) is 58.5 Å². The number of nitrogens with two attached hydrogens (primary N) is 1. The number of benzene rings is 1. The molecule has 0 spiro atoms. The van der Waals surface area contributed by atoms with E-state index in [0.29, 0.717) is 37.4 Å². The Morgan fingerprint density at radius 3 is 2.73 bits per heavy atom. The van der Waals surface area contributed by atoms with Crippen molar-refractivity contribution in [2.75, 3.05) is 19.6 Å². The van der Waals surface area contributed by atoms with Gasteiger partial charge in [-0.15, -0.1) is 11.3 Å². The molecular weight excluding hydrogens is 366 g/mol. The molecule has 0 aliphatic heterocycles. The summed E-state index contributed by atoms with van der Waals surface area (Å²) in [6, 6.07) is 9.37. The Labute approximate surface area is 158 Å². The topological polar surface area (TPSA) is 76.3 Å². The van der Waals surface area contributed by atoms with Crippen LogP contribution in [0, 0.1) is 6.92 Å². The molecule has 0 saturated heterocycles. The monoisotopic (exact) mass is 389 g/mol. The SMILES string of the molecule is Cc1cncc2cccc(S(=O)(=O)N(CCCN)CCc3cccs3)c12. The average Bonchev–Trinajstić information content (AvgIpc) is 3.15. The molecule has 5 nitrogen and oxygen atoms in total. The van der Waals surface area contributed by atoms with Gasteiger partial charge in [0.15, 0.2) is 0 Å². The van der Waals surface area contributed by atoms with E-state index >= 15 is 0 Å². The van der Waals surface area contributed by atoms with Crippen LogP contribution in [0.15, 0.2) is 53.0 Å². The molecule has 0 bridgehead atoms. The lowest BCUT2D eigenvalue weighted by atomic mass is 10.1. The molecule has 2 aromatic heterocycles. The Kier molecular flexibility index (Phi) is 6.03. The number of sulfonamides is 1. The first-order chi connectivity index (χ1) is 12.5. The molecule has 0 aliphatic rings. The van der Waals surface area contributed by atoms with Gasteiger partial charge in [0.1, 0.15) is 0 Å². The summed E-state index contributed by atoms with van der Waals surface area (Å²) in [6.45, 7) is 3.22. The first kappa shape index (κ1) is 19.0. The molecule has 0 unspecified atom stereocenters. The molecule has 0 radical (unpaired) electrons. The fourth-order valence-electron chi connectivity index (χ4n) is 3.04. The highest BCUT2D eigenvalue weighted by Gasteiger charge is 2.26. The Bertz CT molecular complexity index is 964. The van der Waals surface area contributed by atoms with E-state index in [9.17, 15) is 8.42 Å². The number of hydrogen-bond acceptors (Lipinski definition) is 5. The average molecular weight is 390 g/mol. The summed E-state index contributed by atoms with van der Waals surface area (Å²) >= 11 is 1.65. The van der Waals surface area contributed by atoms with Gasteiger partial charge in [0.2, 0.25) is 10.0 Å². The van der Waals surface area contributed by atoms with Gasteiger partial charge in [0, 0.05) is 41.1 Å². The van der Waals surface area contributed by atoms with Gasteiger partial charge in [-0.05, 0) is 49.4 Å². The third-order valence-electron chi connectivity index (χ3n) is 4.35. The van der Waals surface area contributed by atoms with Gasteiger partial charge in [0.25, 0.3) is 0 Å². The highest BCUT2D eigenvalue weighted by molar-refractivity contribution is 7.89. The second kappa shape index (κ2) is 8.26. The normalized spacial score (nSPS) is 12.1.